The fourth-order valence-corrected chi connectivity index (χ4v) is 3.31. The second kappa shape index (κ2) is 5.56. The third kappa shape index (κ3) is 2.58. The van der Waals surface area contributed by atoms with Crippen LogP contribution in [0.15, 0.2) is 18.2 Å². The molecule has 0 aromatic heterocycles. The van der Waals surface area contributed by atoms with Gasteiger partial charge in [-0.3, -0.25) is 10.1 Å². The van der Waals surface area contributed by atoms with E-state index in [1.54, 1.807) is 6.07 Å². The van der Waals surface area contributed by atoms with Crippen molar-refractivity contribution in [3.8, 4) is 0 Å². The molecule has 2 rings (SSSR count). The van der Waals surface area contributed by atoms with E-state index in [9.17, 15) is 14.5 Å². The molecule has 1 fully saturated rings. The lowest BCUT2D eigenvalue weighted by atomic mass is 10.2. The molecule has 1 atom stereocenters. The van der Waals surface area contributed by atoms with E-state index >= 15 is 0 Å². The molecule has 0 radical (unpaired) electrons. The van der Waals surface area contributed by atoms with Crippen molar-refractivity contribution in [2.75, 3.05) is 23.7 Å². The van der Waals surface area contributed by atoms with Crippen LogP contribution in [-0.4, -0.2) is 29.0 Å². The summed E-state index contributed by atoms with van der Waals surface area (Å²) in [6.45, 7) is 3.57. The Hall–Kier alpha value is -1.30. The van der Waals surface area contributed by atoms with Gasteiger partial charge < -0.3 is 4.90 Å². The molecular weight excluding hydrogens is 255 g/mol. The first kappa shape index (κ1) is 13.1. The zero-order chi connectivity index (χ0) is 13.1. The first-order valence-corrected chi connectivity index (χ1v) is 6.97. The highest BCUT2D eigenvalue weighted by molar-refractivity contribution is 8.00. The lowest BCUT2D eigenvalue weighted by Crippen LogP contribution is -2.38. The zero-order valence-corrected chi connectivity index (χ0v) is 11.0. The van der Waals surface area contributed by atoms with Gasteiger partial charge in [0.25, 0.3) is 0 Å². The summed E-state index contributed by atoms with van der Waals surface area (Å²) in [6.07, 6.45) is 1.02. The molecule has 1 aliphatic rings. The molecule has 98 valence electrons. The molecule has 0 bridgehead atoms. The third-order valence-corrected chi connectivity index (χ3v) is 4.45. The summed E-state index contributed by atoms with van der Waals surface area (Å²) >= 11 is 1.87. The number of hydrogen-bond donors (Lipinski definition) is 0. The van der Waals surface area contributed by atoms with E-state index in [2.05, 4.69) is 6.92 Å². The largest absolute Gasteiger partial charge is 0.364 e. The molecule has 18 heavy (non-hydrogen) atoms. The number of hydrogen-bond acceptors (Lipinski definition) is 4. The summed E-state index contributed by atoms with van der Waals surface area (Å²) in [4.78, 5) is 12.3. The Morgan fingerprint density at radius 2 is 2.39 bits per heavy atom. The zero-order valence-electron chi connectivity index (χ0n) is 10.1. The number of nitro benzene ring substituents is 1. The van der Waals surface area contributed by atoms with Gasteiger partial charge in [-0.15, -0.1) is 0 Å². The Morgan fingerprint density at radius 3 is 3.06 bits per heavy atom. The fraction of sp³-hybridized carbons (Fsp3) is 0.500. The molecule has 4 nitrogen and oxygen atoms in total. The topological polar surface area (TPSA) is 46.4 Å². The Morgan fingerprint density at radius 1 is 1.61 bits per heavy atom. The standard InChI is InChI=1S/C12H15FN2O2S/c1-2-9-8-14(6-7-18-9)11-5-3-4-10(13)12(11)15(16)17/h3-5,9H,2,6-8H2,1H3. The first-order valence-electron chi connectivity index (χ1n) is 5.93. The van der Waals surface area contributed by atoms with Crippen molar-refractivity contribution in [2.45, 2.75) is 18.6 Å². The minimum atomic E-state index is -0.760. The van der Waals surface area contributed by atoms with Crippen molar-refractivity contribution in [1.29, 1.82) is 0 Å². The van der Waals surface area contributed by atoms with Crippen molar-refractivity contribution >= 4 is 23.1 Å². The summed E-state index contributed by atoms with van der Waals surface area (Å²) in [7, 11) is 0. The van der Waals surface area contributed by atoms with Gasteiger partial charge in [0.05, 0.1) is 4.92 Å². The lowest BCUT2D eigenvalue weighted by molar-refractivity contribution is -0.386. The van der Waals surface area contributed by atoms with E-state index in [1.807, 2.05) is 16.7 Å². The maximum atomic E-state index is 13.6. The van der Waals surface area contributed by atoms with Crippen LogP contribution in [0.5, 0.6) is 0 Å². The van der Waals surface area contributed by atoms with Crippen LogP contribution >= 0.6 is 11.8 Å². The van der Waals surface area contributed by atoms with E-state index < -0.39 is 16.4 Å². The number of nitrogens with zero attached hydrogens (tertiary/aromatic N) is 2. The van der Waals surface area contributed by atoms with Crippen LogP contribution in [0, 0.1) is 15.9 Å². The highest BCUT2D eigenvalue weighted by Crippen LogP contribution is 2.34. The number of nitro groups is 1. The summed E-state index contributed by atoms with van der Waals surface area (Å²) in [6, 6.07) is 4.29. The number of thioether (sulfide) groups is 1. The van der Waals surface area contributed by atoms with Gasteiger partial charge in [-0.25, -0.2) is 0 Å². The maximum Gasteiger partial charge on any atom is 0.327 e. The van der Waals surface area contributed by atoms with Gasteiger partial charge in [0.15, 0.2) is 0 Å². The smallest absolute Gasteiger partial charge is 0.327 e. The second-order valence-electron chi connectivity index (χ2n) is 4.21. The van der Waals surface area contributed by atoms with E-state index in [-0.39, 0.29) is 0 Å². The van der Waals surface area contributed by atoms with E-state index in [4.69, 9.17) is 0 Å². The van der Waals surface area contributed by atoms with Crippen LogP contribution in [0.2, 0.25) is 0 Å². The Labute approximate surface area is 109 Å². The van der Waals surface area contributed by atoms with E-state index in [1.165, 1.54) is 6.07 Å². The average molecular weight is 270 g/mol. The highest BCUT2D eigenvalue weighted by atomic mass is 32.2. The van der Waals surface area contributed by atoms with Crippen LogP contribution < -0.4 is 4.90 Å². The minimum absolute atomic E-state index is 0.402. The normalized spacial score (nSPS) is 19.9. The summed E-state index contributed by atoms with van der Waals surface area (Å²) in [5, 5.41) is 11.4. The number of rotatable bonds is 3. The van der Waals surface area contributed by atoms with Gasteiger partial charge in [0.1, 0.15) is 5.69 Å². The fourth-order valence-electron chi connectivity index (χ4n) is 2.12. The lowest BCUT2D eigenvalue weighted by Gasteiger charge is -2.33. The molecule has 1 aromatic carbocycles. The number of anilines is 1. The first-order chi connectivity index (χ1) is 8.63. The Bertz CT molecular complexity index is 456. The number of benzene rings is 1. The SMILES string of the molecule is CCC1CN(c2cccc(F)c2[N+](=O)[O-])CCS1. The molecule has 0 amide bonds. The highest BCUT2D eigenvalue weighted by Gasteiger charge is 2.27. The van der Waals surface area contributed by atoms with Gasteiger partial charge in [-0.2, -0.15) is 16.2 Å². The molecule has 0 spiro atoms. The van der Waals surface area contributed by atoms with Gasteiger partial charge >= 0.3 is 5.69 Å². The van der Waals surface area contributed by atoms with Gasteiger partial charge in [-0.05, 0) is 18.6 Å². The quantitative estimate of drug-likeness (QED) is 0.625. The number of para-hydroxylation sites is 1. The van der Waals surface area contributed by atoms with Crippen molar-refractivity contribution in [3.05, 3.63) is 34.1 Å². The second-order valence-corrected chi connectivity index (χ2v) is 5.62. The molecular formula is C12H15FN2O2S. The monoisotopic (exact) mass is 270 g/mol. The molecule has 0 aliphatic carbocycles. The molecule has 1 heterocycles. The molecule has 1 unspecified atom stereocenters. The Kier molecular flexibility index (Phi) is 4.06. The average Bonchev–Trinajstić information content (AvgIpc) is 2.38. The van der Waals surface area contributed by atoms with Crippen LogP contribution in [0.4, 0.5) is 15.8 Å². The van der Waals surface area contributed by atoms with Crippen LogP contribution in [0.1, 0.15) is 13.3 Å². The van der Waals surface area contributed by atoms with Crippen molar-refractivity contribution in [3.63, 3.8) is 0 Å². The van der Waals surface area contributed by atoms with E-state index in [0.717, 1.165) is 31.3 Å². The molecule has 1 aromatic rings. The number of halogens is 1. The predicted molar refractivity (Wildman–Crippen MR) is 71.8 cm³/mol. The molecule has 0 saturated carbocycles. The van der Waals surface area contributed by atoms with Gasteiger partial charge in [0, 0.05) is 24.1 Å². The minimum Gasteiger partial charge on any atom is -0.364 e. The maximum absolute atomic E-state index is 13.6. The summed E-state index contributed by atoms with van der Waals surface area (Å²) in [5.74, 6) is 0.162. The van der Waals surface area contributed by atoms with Crippen LogP contribution in [0.3, 0.4) is 0 Å². The molecule has 1 aliphatic heterocycles. The van der Waals surface area contributed by atoms with Gasteiger partial charge in [0.2, 0.25) is 5.82 Å². The third-order valence-electron chi connectivity index (χ3n) is 3.08. The predicted octanol–water partition coefficient (Wildman–Crippen LogP) is 3.07. The molecule has 6 heteroatoms. The van der Waals surface area contributed by atoms with Crippen molar-refractivity contribution in [1.82, 2.24) is 0 Å². The van der Waals surface area contributed by atoms with Gasteiger partial charge in [-0.1, -0.05) is 13.0 Å². The summed E-state index contributed by atoms with van der Waals surface area (Å²) in [5.41, 5.74) is -0.00185. The van der Waals surface area contributed by atoms with E-state index in [0.29, 0.717) is 10.9 Å². The van der Waals surface area contributed by atoms with Crippen LogP contribution in [0.25, 0.3) is 0 Å². The Balaban J connectivity index is 2.32. The molecule has 1 saturated heterocycles. The van der Waals surface area contributed by atoms with Crippen molar-refractivity contribution < 1.29 is 9.31 Å². The van der Waals surface area contributed by atoms with Crippen LogP contribution in [-0.2, 0) is 0 Å². The van der Waals surface area contributed by atoms with Crippen molar-refractivity contribution in [2.24, 2.45) is 0 Å². The summed E-state index contributed by atoms with van der Waals surface area (Å²) < 4.78 is 13.6. The molecule has 0 N–H and O–H groups in total.